The quantitative estimate of drug-likeness (QED) is 0.301. The van der Waals surface area contributed by atoms with Crippen molar-refractivity contribution in [1.82, 2.24) is 44.9 Å². The Bertz CT molecular complexity index is 1580. The van der Waals surface area contributed by atoms with Gasteiger partial charge in [0.25, 0.3) is 0 Å². The maximum absolute atomic E-state index is 13.4. The fourth-order valence-electron chi connectivity index (χ4n) is 5.97. The maximum Gasteiger partial charge on any atom is 0.451 e. The number of nitrogens with zero attached hydrogens (tertiary/aromatic N) is 8. The summed E-state index contributed by atoms with van der Waals surface area (Å²) in [6.07, 6.45) is 5.45. The number of alkyl halides is 3. The Morgan fingerprint density at radius 1 is 1.21 bits per heavy atom. The number of H-pyrrole nitrogens is 1. The van der Waals surface area contributed by atoms with Crippen LogP contribution in [0.25, 0.3) is 22.3 Å². The zero-order valence-electron chi connectivity index (χ0n) is 23.1. The van der Waals surface area contributed by atoms with Crippen molar-refractivity contribution in [2.24, 2.45) is 0 Å². The fourth-order valence-corrected chi connectivity index (χ4v) is 5.97. The lowest BCUT2D eigenvalue weighted by Gasteiger charge is -2.52. The smallest absolute Gasteiger partial charge is 0.451 e. The molecule has 0 spiro atoms. The van der Waals surface area contributed by atoms with E-state index in [1.165, 1.54) is 12.4 Å². The average Bonchev–Trinajstić information content (AvgIpc) is 3.64. The van der Waals surface area contributed by atoms with Crippen LogP contribution in [-0.2, 0) is 18.3 Å². The van der Waals surface area contributed by atoms with Gasteiger partial charge in [-0.1, -0.05) is 6.92 Å². The van der Waals surface area contributed by atoms with Crippen molar-refractivity contribution >= 4 is 11.0 Å². The van der Waals surface area contributed by atoms with Gasteiger partial charge in [-0.15, -0.1) is 0 Å². The molecule has 0 aromatic carbocycles. The monoisotopic (exact) mass is 580 g/mol. The van der Waals surface area contributed by atoms with Crippen molar-refractivity contribution in [2.75, 3.05) is 19.6 Å². The molecule has 0 unspecified atom stereocenters. The van der Waals surface area contributed by atoms with E-state index in [4.69, 9.17) is 4.74 Å². The lowest BCUT2D eigenvalue weighted by molar-refractivity contribution is -0.145. The van der Waals surface area contributed by atoms with Crippen LogP contribution >= 0.6 is 0 Å². The van der Waals surface area contributed by atoms with Gasteiger partial charge >= 0.3 is 6.18 Å². The van der Waals surface area contributed by atoms with Crippen molar-refractivity contribution in [3.63, 3.8) is 0 Å². The number of halogens is 3. The van der Waals surface area contributed by atoms with E-state index in [1.54, 1.807) is 6.20 Å². The van der Waals surface area contributed by atoms with E-state index in [0.29, 0.717) is 25.8 Å². The predicted molar refractivity (Wildman–Crippen MR) is 146 cm³/mol. The Morgan fingerprint density at radius 3 is 2.76 bits per heavy atom. The zero-order valence-corrected chi connectivity index (χ0v) is 23.1. The van der Waals surface area contributed by atoms with E-state index in [-0.39, 0.29) is 30.3 Å². The van der Waals surface area contributed by atoms with Crippen molar-refractivity contribution in [3.8, 4) is 23.2 Å². The minimum atomic E-state index is -4.65. The maximum atomic E-state index is 13.4. The number of ether oxygens (including phenoxy) is 1. The fraction of sp³-hybridized carbons (Fsp3) is 0.500. The van der Waals surface area contributed by atoms with Crippen molar-refractivity contribution in [1.29, 1.82) is 5.26 Å². The first-order chi connectivity index (χ1) is 20.3. The van der Waals surface area contributed by atoms with Crippen LogP contribution in [0.4, 0.5) is 13.2 Å². The van der Waals surface area contributed by atoms with E-state index in [0.717, 1.165) is 48.2 Å². The second-order valence-corrected chi connectivity index (χ2v) is 10.9. The van der Waals surface area contributed by atoms with E-state index in [2.05, 4.69) is 46.3 Å². The minimum absolute atomic E-state index is 0.0459. The molecule has 5 heterocycles. The van der Waals surface area contributed by atoms with Crippen LogP contribution in [0.1, 0.15) is 50.5 Å². The highest BCUT2D eigenvalue weighted by molar-refractivity contribution is 5.90. The predicted octanol–water partition coefficient (Wildman–Crippen LogP) is 4.05. The largest absolute Gasteiger partial charge is 0.474 e. The van der Waals surface area contributed by atoms with Crippen molar-refractivity contribution < 1.29 is 17.9 Å². The van der Waals surface area contributed by atoms with Gasteiger partial charge in [-0.25, -0.2) is 15.0 Å². The molecule has 0 radical (unpaired) electrons. The summed E-state index contributed by atoms with van der Waals surface area (Å²) < 4.78 is 48.0. The van der Waals surface area contributed by atoms with E-state index >= 15 is 0 Å². The molecule has 14 heteroatoms. The second-order valence-electron chi connectivity index (χ2n) is 10.9. The minimum Gasteiger partial charge on any atom is -0.474 e. The molecule has 1 saturated heterocycles. The summed E-state index contributed by atoms with van der Waals surface area (Å²) in [5.74, 6) is -1.23. The molecule has 1 aliphatic heterocycles. The van der Waals surface area contributed by atoms with E-state index < -0.39 is 17.5 Å². The first-order valence-electron chi connectivity index (χ1n) is 14.0. The molecule has 0 bridgehead atoms. The average molecular weight is 581 g/mol. The van der Waals surface area contributed by atoms with Gasteiger partial charge in [0.15, 0.2) is 0 Å². The molecule has 2 N–H and O–H groups in total. The third kappa shape index (κ3) is 5.54. The van der Waals surface area contributed by atoms with Crippen LogP contribution < -0.4 is 10.1 Å². The van der Waals surface area contributed by atoms with E-state index in [9.17, 15) is 18.4 Å². The Morgan fingerprint density at radius 2 is 2.02 bits per heavy atom. The standard InChI is InChI=1S/C28H31F3N10O/c1-2-33-15-19-11-23(39-26(38-19)28(29,30)31)42-21-4-9-40(10-5-21)20-12-27(13-20,6-7-32)41-16-18(14-37-41)24-22-3-8-34-25(22)36-17-35-24/h3,8,11,14,16-17,20-21,33H,2,4-6,9-10,12-13,15H2,1H3,(H,34,35,36)/t20-,27+. The number of hydrogen-bond acceptors (Lipinski definition) is 9. The summed E-state index contributed by atoms with van der Waals surface area (Å²) in [5.41, 5.74) is 2.26. The summed E-state index contributed by atoms with van der Waals surface area (Å²) in [6, 6.07) is 6.04. The number of nitriles is 1. The number of likely N-dealkylation sites (tertiary alicyclic amines) is 1. The van der Waals surface area contributed by atoms with Crippen molar-refractivity contribution in [2.45, 2.75) is 69.4 Å². The van der Waals surface area contributed by atoms with Gasteiger partial charge in [0.2, 0.25) is 11.7 Å². The van der Waals surface area contributed by atoms with Gasteiger partial charge in [-0.05, 0) is 38.3 Å². The summed E-state index contributed by atoms with van der Waals surface area (Å²) in [7, 11) is 0. The first-order valence-corrected chi connectivity index (χ1v) is 14.0. The number of fused-ring (bicyclic) bond motifs is 1. The number of hydrogen-bond donors (Lipinski definition) is 2. The second kappa shape index (κ2) is 11.3. The van der Waals surface area contributed by atoms with E-state index in [1.807, 2.05) is 30.1 Å². The van der Waals surface area contributed by atoms with Gasteiger partial charge in [-0.3, -0.25) is 9.58 Å². The summed E-state index contributed by atoms with van der Waals surface area (Å²) in [4.78, 5) is 21.5. The van der Waals surface area contributed by atoms with Gasteiger partial charge in [-0.2, -0.15) is 28.5 Å². The summed E-state index contributed by atoms with van der Waals surface area (Å²) >= 11 is 0. The van der Waals surface area contributed by atoms with Crippen LogP contribution in [0.5, 0.6) is 5.88 Å². The normalized spacial score (nSPS) is 21.7. The molecule has 4 aromatic rings. The van der Waals surface area contributed by atoms with Gasteiger partial charge in [0.1, 0.15) is 18.1 Å². The Hall–Kier alpha value is -4.09. The number of rotatable bonds is 9. The SMILES string of the molecule is CCNCc1cc(OC2CCN([C@H]3C[C@@](CC#N)(n4cc(-c5ncnc6[nH]ccc56)cn4)C3)CC2)nc(C(F)(F)F)n1. The molecule has 0 amide bonds. The zero-order chi connectivity index (χ0) is 29.3. The summed E-state index contributed by atoms with van der Waals surface area (Å²) in [6.45, 7) is 4.18. The summed E-state index contributed by atoms with van der Waals surface area (Å²) in [5, 5.41) is 18.2. The molecule has 1 aliphatic carbocycles. The Kier molecular flexibility index (Phi) is 7.54. The molecule has 6 rings (SSSR count). The number of aromatic amines is 1. The number of piperidine rings is 1. The lowest BCUT2D eigenvalue weighted by Crippen LogP contribution is -2.58. The van der Waals surface area contributed by atoms with Crippen LogP contribution in [0.3, 0.4) is 0 Å². The highest BCUT2D eigenvalue weighted by Crippen LogP contribution is 2.45. The van der Waals surface area contributed by atoms with Crippen LogP contribution in [0.2, 0.25) is 0 Å². The highest BCUT2D eigenvalue weighted by Gasteiger charge is 2.49. The molecular weight excluding hydrogens is 549 g/mol. The Balaban J connectivity index is 1.09. The van der Waals surface area contributed by atoms with Crippen molar-refractivity contribution in [3.05, 3.63) is 48.6 Å². The topological polar surface area (TPSA) is 133 Å². The Labute approximate surface area is 240 Å². The molecule has 42 heavy (non-hydrogen) atoms. The molecule has 0 atom stereocenters. The molecular formula is C28H31F3N10O. The third-order valence-corrected chi connectivity index (χ3v) is 8.18. The molecule has 1 saturated carbocycles. The molecule has 220 valence electrons. The third-order valence-electron chi connectivity index (χ3n) is 8.18. The van der Waals surface area contributed by atoms with Gasteiger partial charge in [0.05, 0.1) is 35.6 Å². The highest BCUT2D eigenvalue weighted by atomic mass is 19.4. The van der Waals surface area contributed by atoms with Crippen LogP contribution in [-0.4, -0.2) is 71.4 Å². The number of aromatic nitrogens is 7. The van der Waals surface area contributed by atoms with Gasteiger partial charge in [0, 0.05) is 55.1 Å². The van der Waals surface area contributed by atoms with Crippen LogP contribution in [0.15, 0.2) is 37.1 Å². The van der Waals surface area contributed by atoms with Gasteiger partial charge < -0.3 is 15.0 Å². The molecule has 4 aromatic heterocycles. The first kappa shape index (κ1) is 28.0. The molecule has 2 fully saturated rings. The lowest BCUT2D eigenvalue weighted by atomic mass is 9.69. The number of nitrogens with one attached hydrogen (secondary N) is 2. The molecule has 2 aliphatic rings. The van der Waals surface area contributed by atoms with Crippen LogP contribution in [0, 0.1) is 11.3 Å². The molecule has 11 nitrogen and oxygen atoms in total.